The lowest BCUT2D eigenvalue weighted by molar-refractivity contribution is 0.303. The van der Waals surface area contributed by atoms with Gasteiger partial charge in [-0.1, -0.05) is 13.8 Å². The number of benzene rings is 1. The van der Waals surface area contributed by atoms with Gasteiger partial charge in [0.1, 0.15) is 10.4 Å². The summed E-state index contributed by atoms with van der Waals surface area (Å²) in [6.07, 6.45) is 1.00. The Morgan fingerprint density at radius 2 is 1.96 bits per heavy atom. The molecule has 0 aliphatic rings. The first-order chi connectivity index (χ1) is 13.1. The normalized spacial score (nSPS) is 11.3. The molecule has 0 spiro atoms. The molecule has 0 bridgehead atoms. The van der Waals surface area contributed by atoms with E-state index >= 15 is 0 Å². The number of ether oxygens (including phenoxy) is 1. The highest BCUT2D eigenvalue weighted by atomic mass is 32.1. The minimum absolute atomic E-state index is 0.101. The Kier molecular flexibility index (Phi) is 6.47. The number of aromatic amines is 1. The highest BCUT2D eigenvalue weighted by Crippen LogP contribution is 2.32. The molecule has 0 amide bonds. The number of thiophene rings is 1. The van der Waals surface area contributed by atoms with Crippen LogP contribution in [-0.4, -0.2) is 48.2 Å². The van der Waals surface area contributed by atoms with Crippen molar-refractivity contribution in [2.24, 2.45) is 0 Å². The topological polar surface area (TPSA) is 70.2 Å². The molecule has 6 nitrogen and oxygen atoms in total. The molecule has 0 unspecified atom stereocenters. The van der Waals surface area contributed by atoms with E-state index in [1.54, 1.807) is 7.11 Å². The van der Waals surface area contributed by atoms with Crippen LogP contribution < -0.4 is 15.6 Å². The number of nitrogens with one attached hydrogen (secondary N) is 2. The van der Waals surface area contributed by atoms with Crippen molar-refractivity contribution in [2.75, 3.05) is 38.6 Å². The number of fused-ring (bicyclic) bond motifs is 1. The zero-order valence-corrected chi connectivity index (χ0v) is 16.9. The van der Waals surface area contributed by atoms with Gasteiger partial charge in [-0.3, -0.25) is 9.78 Å². The van der Waals surface area contributed by atoms with Gasteiger partial charge in [0, 0.05) is 11.4 Å². The molecule has 2 aromatic heterocycles. The Hall–Kier alpha value is -2.38. The third-order valence-electron chi connectivity index (χ3n) is 4.60. The first kappa shape index (κ1) is 19.4. The van der Waals surface area contributed by atoms with E-state index in [1.807, 2.05) is 30.3 Å². The number of hydrogen-bond donors (Lipinski definition) is 2. The molecule has 3 rings (SSSR count). The van der Waals surface area contributed by atoms with Crippen LogP contribution in [0.4, 0.5) is 5.95 Å². The third kappa shape index (κ3) is 4.67. The minimum Gasteiger partial charge on any atom is -0.497 e. The average Bonchev–Trinajstić information content (AvgIpc) is 3.13. The van der Waals surface area contributed by atoms with Crippen LogP contribution in [0.1, 0.15) is 20.3 Å². The lowest BCUT2D eigenvalue weighted by atomic mass is 10.2. The van der Waals surface area contributed by atoms with Crippen molar-refractivity contribution in [1.29, 1.82) is 0 Å². The van der Waals surface area contributed by atoms with Gasteiger partial charge in [-0.05, 0) is 62.0 Å². The van der Waals surface area contributed by atoms with Gasteiger partial charge >= 0.3 is 0 Å². The van der Waals surface area contributed by atoms with Crippen LogP contribution in [0.2, 0.25) is 0 Å². The molecule has 2 N–H and O–H groups in total. The zero-order chi connectivity index (χ0) is 19.2. The predicted octanol–water partition coefficient (Wildman–Crippen LogP) is 3.80. The maximum absolute atomic E-state index is 12.4. The first-order valence-corrected chi connectivity index (χ1v) is 10.1. The van der Waals surface area contributed by atoms with Gasteiger partial charge < -0.3 is 15.0 Å². The third-order valence-corrected chi connectivity index (χ3v) is 5.77. The number of anilines is 1. The molecule has 0 saturated carbocycles. The number of methoxy groups -OCH3 is 1. The number of hydrogen-bond acceptors (Lipinski definition) is 6. The molecule has 2 heterocycles. The molecule has 0 fully saturated rings. The summed E-state index contributed by atoms with van der Waals surface area (Å²) in [5, 5.41) is 3.24. The lowest BCUT2D eigenvalue weighted by Gasteiger charge is -2.17. The monoisotopic (exact) mass is 386 g/mol. The lowest BCUT2D eigenvalue weighted by Crippen LogP contribution is -2.25. The second kappa shape index (κ2) is 9.01. The van der Waals surface area contributed by atoms with E-state index in [2.05, 4.69) is 34.0 Å². The summed E-state index contributed by atoms with van der Waals surface area (Å²) in [5.74, 6) is 1.35. The van der Waals surface area contributed by atoms with E-state index in [0.717, 1.165) is 54.3 Å². The van der Waals surface area contributed by atoms with Crippen molar-refractivity contribution in [3.8, 4) is 16.2 Å². The second-order valence-electron chi connectivity index (χ2n) is 6.28. The molecule has 0 aliphatic heterocycles. The summed E-state index contributed by atoms with van der Waals surface area (Å²) in [6.45, 7) is 8.26. The van der Waals surface area contributed by atoms with Crippen LogP contribution in [0.15, 0.2) is 35.1 Å². The first-order valence-electron chi connectivity index (χ1n) is 9.29. The van der Waals surface area contributed by atoms with Gasteiger partial charge in [-0.2, -0.15) is 0 Å². The van der Waals surface area contributed by atoms with Crippen molar-refractivity contribution in [1.82, 2.24) is 14.9 Å². The average molecular weight is 387 g/mol. The summed E-state index contributed by atoms with van der Waals surface area (Å²) in [7, 11) is 1.65. The number of nitrogens with zero attached hydrogens (tertiary/aromatic N) is 2. The Balaban J connectivity index is 1.73. The molecule has 27 heavy (non-hydrogen) atoms. The summed E-state index contributed by atoms with van der Waals surface area (Å²) in [6, 6.07) is 9.78. The van der Waals surface area contributed by atoms with E-state index < -0.39 is 0 Å². The van der Waals surface area contributed by atoms with E-state index in [4.69, 9.17) is 4.74 Å². The van der Waals surface area contributed by atoms with E-state index in [0.29, 0.717) is 10.6 Å². The number of H-pyrrole nitrogens is 1. The fraction of sp³-hybridized carbons (Fsp3) is 0.400. The second-order valence-corrected chi connectivity index (χ2v) is 7.33. The van der Waals surface area contributed by atoms with Gasteiger partial charge in [0.25, 0.3) is 5.56 Å². The number of aromatic nitrogens is 2. The van der Waals surface area contributed by atoms with Crippen molar-refractivity contribution in [3.05, 3.63) is 40.7 Å². The molecule has 0 atom stereocenters. The van der Waals surface area contributed by atoms with E-state index in [-0.39, 0.29) is 5.56 Å². The van der Waals surface area contributed by atoms with Crippen molar-refractivity contribution in [2.45, 2.75) is 20.3 Å². The maximum Gasteiger partial charge on any atom is 0.270 e. The van der Waals surface area contributed by atoms with Gasteiger partial charge in [0.15, 0.2) is 0 Å². The number of rotatable bonds is 9. The largest absolute Gasteiger partial charge is 0.497 e. The van der Waals surface area contributed by atoms with Gasteiger partial charge in [0.2, 0.25) is 5.95 Å². The SMILES string of the molecule is CCN(CC)CCCNc1nc2cc(-c3ccc(OC)cc3)sc2c(=O)[nH]1. The van der Waals surface area contributed by atoms with E-state index in [9.17, 15) is 4.79 Å². The zero-order valence-electron chi connectivity index (χ0n) is 16.0. The standard InChI is InChI=1S/C20H26N4O2S/c1-4-24(5-2)12-6-11-21-20-22-16-13-17(27-18(16)19(25)23-20)14-7-9-15(26-3)10-8-14/h7-10,13H,4-6,11-12H2,1-3H3,(H2,21,22,23,25). The van der Waals surface area contributed by atoms with Gasteiger partial charge in [-0.15, -0.1) is 11.3 Å². The van der Waals surface area contributed by atoms with Crippen LogP contribution >= 0.6 is 11.3 Å². The summed E-state index contributed by atoms with van der Waals surface area (Å²) < 4.78 is 5.85. The fourth-order valence-corrected chi connectivity index (χ4v) is 3.97. The molecule has 0 aliphatic carbocycles. The molecule has 7 heteroatoms. The molecule has 1 aromatic carbocycles. The summed E-state index contributed by atoms with van der Waals surface area (Å²) in [4.78, 5) is 23.2. The summed E-state index contributed by atoms with van der Waals surface area (Å²) >= 11 is 1.46. The van der Waals surface area contributed by atoms with Crippen LogP contribution in [0.5, 0.6) is 5.75 Å². The van der Waals surface area contributed by atoms with E-state index in [1.165, 1.54) is 11.3 Å². The Morgan fingerprint density at radius 3 is 2.63 bits per heavy atom. The van der Waals surface area contributed by atoms with Crippen molar-refractivity contribution >= 4 is 27.5 Å². The van der Waals surface area contributed by atoms with Gasteiger partial charge in [-0.25, -0.2) is 4.98 Å². The molecule has 3 aromatic rings. The molecular weight excluding hydrogens is 360 g/mol. The smallest absolute Gasteiger partial charge is 0.270 e. The minimum atomic E-state index is -0.101. The predicted molar refractivity (Wildman–Crippen MR) is 113 cm³/mol. The highest BCUT2D eigenvalue weighted by Gasteiger charge is 2.10. The molecule has 0 radical (unpaired) electrons. The maximum atomic E-state index is 12.4. The molecule has 0 saturated heterocycles. The highest BCUT2D eigenvalue weighted by molar-refractivity contribution is 7.22. The molecular formula is C20H26N4O2S. The Labute approximate surface area is 163 Å². The van der Waals surface area contributed by atoms with Crippen LogP contribution in [-0.2, 0) is 0 Å². The van der Waals surface area contributed by atoms with Crippen molar-refractivity contribution in [3.63, 3.8) is 0 Å². The van der Waals surface area contributed by atoms with Crippen LogP contribution in [0.3, 0.4) is 0 Å². The molecule has 144 valence electrons. The van der Waals surface area contributed by atoms with Crippen LogP contribution in [0, 0.1) is 0 Å². The van der Waals surface area contributed by atoms with Crippen LogP contribution in [0.25, 0.3) is 20.7 Å². The van der Waals surface area contributed by atoms with Crippen molar-refractivity contribution < 1.29 is 4.74 Å². The summed E-state index contributed by atoms with van der Waals surface area (Å²) in [5.41, 5.74) is 1.67. The Bertz CT molecular complexity index is 929. The quantitative estimate of drug-likeness (QED) is 0.547. The fourth-order valence-electron chi connectivity index (χ4n) is 2.97. The Morgan fingerprint density at radius 1 is 1.22 bits per heavy atom. The van der Waals surface area contributed by atoms with Gasteiger partial charge in [0.05, 0.1) is 12.6 Å².